The lowest BCUT2D eigenvalue weighted by atomic mass is 10.0. The van der Waals surface area contributed by atoms with Crippen LogP contribution in [0.15, 0.2) is 47.4 Å². The predicted octanol–water partition coefficient (Wildman–Crippen LogP) is 3.83. The molecule has 0 bridgehead atoms. The minimum Gasteiger partial charge on any atom is -0.495 e. The average Bonchev–Trinajstić information content (AvgIpc) is 3.03. The van der Waals surface area contributed by atoms with Crippen LogP contribution in [-0.2, 0) is 9.84 Å². The number of aliphatic hydroxyl groups is 1. The number of methoxy groups -OCH3 is 1. The fraction of sp³-hybridized carbons (Fsp3) is 0.167. The van der Waals surface area contributed by atoms with E-state index in [-0.39, 0.29) is 10.6 Å². The molecular weight excluding hydrogens is 411 g/mol. The van der Waals surface area contributed by atoms with Crippen molar-refractivity contribution in [3.05, 3.63) is 52.6 Å². The summed E-state index contributed by atoms with van der Waals surface area (Å²) in [6.07, 6.45) is 0. The largest absolute Gasteiger partial charge is 0.495 e. The Labute approximate surface area is 166 Å². The van der Waals surface area contributed by atoms with E-state index >= 15 is 0 Å². The number of aliphatic hydroxyl groups excluding tert-OH is 1. The third-order valence-electron chi connectivity index (χ3n) is 4.01. The second-order valence-corrected chi connectivity index (χ2v) is 8.57. The minimum absolute atomic E-state index is 0.135. The van der Waals surface area contributed by atoms with Gasteiger partial charge in [-0.25, -0.2) is 8.42 Å². The molecule has 0 aliphatic carbocycles. The van der Waals surface area contributed by atoms with Gasteiger partial charge in [0.2, 0.25) is 0 Å². The summed E-state index contributed by atoms with van der Waals surface area (Å²) in [6.45, 7) is -0.429. The van der Waals surface area contributed by atoms with Gasteiger partial charge in [-0.3, -0.25) is 5.10 Å². The Morgan fingerprint density at radius 2 is 1.78 bits per heavy atom. The summed E-state index contributed by atoms with van der Waals surface area (Å²) in [7, 11) is -1.98. The molecule has 1 heterocycles. The molecule has 0 aliphatic rings. The molecule has 6 nitrogen and oxygen atoms in total. The number of hydrogen-bond donors (Lipinski definition) is 2. The van der Waals surface area contributed by atoms with Crippen LogP contribution in [0.25, 0.3) is 22.4 Å². The number of nitrogens with one attached hydrogen (secondary N) is 1. The number of aromatic nitrogens is 2. The fourth-order valence-electron chi connectivity index (χ4n) is 2.67. The van der Waals surface area contributed by atoms with Crippen molar-refractivity contribution >= 4 is 33.0 Å². The zero-order valence-electron chi connectivity index (χ0n) is 14.2. The van der Waals surface area contributed by atoms with Crippen molar-refractivity contribution in [1.29, 1.82) is 0 Å². The van der Waals surface area contributed by atoms with Gasteiger partial charge >= 0.3 is 0 Å². The van der Waals surface area contributed by atoms with Crippen LogP contribution in [-0.4, -0.2) is 43.2 Å². The van der Waals surface area contributed by atoms with Crippen molar-refractivity contribution in [2.45, 2.75) is 4.90 Å². The maximum Gasteiger partial charge on any atom is 0.180 e. The Bertz CT molecular complexity index is 1060. The number of H-pyrrole nitrogens is 1. The van der Waals surface area contributed by atoms with E-state index in [1.54, 1.807) is 24.3 Å². The molecule has 3 rings (SSSR count). The molecule has 0 fully saturated rings. The van der Waals surface area contributed by atoms with E-state index in [0.29, 0.717) is 32.7 Å². The highest BCUT2D eigenvalue weighted by atomic mass is 35.5. The molecule has 9 heteroatoms. The molecule has 2 aromatic carbocycles. The molecule has 0 saturated heterocycles. The minimum atomic E-state index is -3.52. The molecule has 0 atom stereocenters. The number of sulfone groups is 1. The predicted molar refractivity (Wildman–Crippen MR) is 105 cm³/mol. The third-order valence-corrected chi connectivity index (χ3v) is 6.29. The van der Waals surface area contributed by atoms with Gasteiger partial charge in [-0.2, -0.15) is 5.10 Å². The maximum atomic E-state index is 12.0. The Kier molecular flexibility index (Phi) is 5.76. The quantitative estimate of drug-likeness (QED) is 0.624. The van der Waals surface area contributed by atoms with E-state index < -0.39 is 16.4 Å². The second kappa shape index (κ2) is 7.90. The number of halogens is 2. The molecule has 0 amide bonds. The highest BCUT2D eigenvalue weighted by molar-refractivity contribution is 7.91. The Morgan fingerprint density at radius 1 is 1.11 bits per heavy atom. The molecule has 2 N–H and O–H groups in total. The van der Waals surface area contributed by atoms with E-state index in [1.807, 2.05) is 6.07 Å². The maximum absolute atomic E-state index is 12.0. The van der Waals surface area contributed by atoms with Gasteiger partial charge in [-0.05, 0) is 29.8 Å². The molecule has 0 aliphatic heterocycles. The molecule has 0 unspecified atom stereocenters. The van der Waals surface area contributed by atoms with Crippen molar-refractivity contribution in [2.24, 2.45) is 0 Å². The number of benzene rings is 2. The third kappa shape index (κ3) is 3.96. The monoisotopic (exact) mass is 426 g/mol. The van der Waals surface area contributed by atoms with E-state index in [2.05, 4.69) is 10.2 Å². The topological polar surface area (TPSA) is 92.3 Å². The van der Waals surface area contributed by atoms with Crippen molar-refractivity contribution in [1.82, 2.24) is 10.2 Å². The van der Waals surface area contributed by atoms with Gasteiger partial charge in [0.05, 0.1) is 29.4 Å². The summed E-state index contributed by atoms with van der Waals surface area (Å²) in [6, 6.07) is 11.5. The molecule has 0 radical (unpaired) electrons. The Hall–Kier alpha value is -2.06. The van der Waals surface area contributed by atoms with E-state index in [1.165, 1.54) is 19.2 Å². The van der Waals surface area contributed by atoms with Crippen molar-refractivity contribution < 1.29 is 18.3 Å². The van der Waals surface area contributed by atoms with E-state index in [4.69, 9.17) is 33.0 Å². The van der Waals surface area contributed by atoms with Crippen LogP contribution in [0.1, 0.15) is 0 Å². The molecule has 3 aromatic rings. The molecular formula is C18H16Cl2N2O4S. The number of aromatic amines is 1. The van der Waals surface area contributed by atoms with Crippen LogP contribution >= 0.6 is 23.2 Å². The molecule has 27 heavy (non-hydrogen) atoms. The molecule has 0 spiro atoms. The first-order chi connectivity index (χ1) is 12.9. The van der Waals surface area contributed by atoms with Gasteiger partial charge in [0.15, 0.2) is 9.84 Å². The standard InChI is InChI=1S/C18H16Cl2N2O4S/c1-26-15-7-4-12(10-14(15)19)16-17(21-22-18(16)20)11-2-5-13(6-3-11)27(24,25)9-8-23/h2-7,10,23H,8-9H2,1H3,(H,21,22). The summed E-state index contributed by atoms with van der Waals surface area (Å²) in [5, 5.41) is 16.6. The van der Waals surface area contributed by atoms with Crippen molar-refractivity contribution in [2.75, 3.05) is 19.5 Å². The SMILES string of the molecule is COc1ccc(-c2c(-c3ccc(S(=O)(=O)CCO)cc3)n[nH]c2Cl)cc1Cl. The highest BCUT2D eigenvalue weighted by Gasteiger charge is 2.18. The second-order valence-electron chi connectivity index (χ2n) is 5.68. The number of hydrogen-bond acceptors (Lipinski definition) is 5. The molecule has 1 aromatic heterocycles. The van der Waals surface area contributed by atoms with Gasteiger partial charge < -0.3 is 9.84 Å². The molecule has 142 valence electrons. The van der Waals surface area contributed by atoms with Gasteiger partial charge in [-0.1, -0.05) is 41.4 Å². The van der Waals surface area contributed by atoms with Crippen LogP contribution in [0.5, 0.6) is 5.75 Å². The zero-order chi connectivity index (χ0) is 19.6. The number of nitrogens with zero attached hydrogens (tertiary/aromatic N) is 1. The lowest BCUT2D eigenvalue weighted by Crippen LogP contribution is -2.09. The van der Waals surface area contributed by atoms with Crippen LogP contribution in [0.3, 0.4) is 0 Å². The first-order valence-corrected chi connectivity index (χ1v) is 10.3. The fourth-order valence-corrected chi connectivity index (χ4v) is 4.20. The van der Waals surface area contributed by atoms with Crippen LogP contribution in [0.2, 0.25) is 10.2 Å². The van der Waals surface area contributed by atoms with Gasteiger partial charge in [0.1, 0.15) is 16.6 Å². The summed E-state index contributed by atoms with van der Waals surface area (Å²) >= 11 is 12.5. The van der Waals surface area contributed by atoms with Crippen LogP contribution < -0.4 is 4.74 Å². The first kappa shape index (κ1) is 19.7. The number of ether oxygens (including phenoxy) is 1. The summed E-state index contributed by atoms with van der Waals surface area (Å²) in [5.74, 6) is 0.218. The summed E-state index contributed by atoms with van der Waals surface area (Å²) in [5.41, 5.74) is 2.63. The van der Waals surface area contributed by atoms with Gasteiger partial charge in [-0.15, -0.1) is 0 Å². The van der Waals surface area contributed by atoms with Crippen LogP contribution in [0, 0.1) is 0 Å². The summed E-state index contributed by atoms with van der Waals surface area (Å²) < 4.78 is 29.2. The summed E-state index contributed by atoms with van der Waals surface area (Å²) in [4.78, 5) is 0.135. The van der Waals surface area contributed by atoms with Crippen LogP contribution in [0.4, 0.5) is 0 Å². The first-order valence-electron chi connectivity index (χ1n) is 7.89. The van der Waals surface area contributed by atoms with Gasteiger partial charge in [0, 0.05) is 11.1 Å². The Morgan fingerprint density at radius 3 is 2.37 bits per heavy atom. The van der Waals surface area contributed by atoms with Crippen molar-refractivity contribution in [3.63, 3.8) is 0 Å². The highest BCUT2D eigenvalue weighted by Crippen LogP contribution is 2.38. The van der Waals surface area contributed by atoms with E-state index in [9.17, 15) is 8.42 Å². The number of rotatable bonds is 6. The zero-order valence-corrected chi connectivity index (χ0v) is 16.6. The lowest BCUT2D eigenvalue weighted by molar-refractivity contribution is 0.319. The lowest BCUT2D eigenvalue weighted by Gasteiger charge is -2.08. The van der Waals surface area contributed by atoms with Gasteiger partial charge in [0.25, 0.3) is 0 Å². The normalized spacial score (nSPS) is 11.6. The smallest absolute Gasteiger partial charge is 0.180 e. The molecule has 0 saturated carbocycles. The Balaban J connectivity index is 2.04. The van der Waals surface area contributed by atoms with E-state index in [0.717, 1.165) is 5.56 Å². The van der Waals surface area contributed by atoms with Crippen molar-refractivity contribution in [3.8, 4) is 28.1 Å². The average molecular weight is 427 g/mol.